The van der Waals surface area contributed by atoms with E-state index in [0.717, 1.165) is 11.8 Å². The van der Waals surface area contributed by atoms with Crippen molar-refractivity contribution in [1.82, 2.24) is 4.90 Å². The van der Waals surface area contributed by atoms with Crippen LogP contribution in [0.25, 0.3) is 0 Å². The summed E-state index contributed by atoms with van der Waals surface area (Å²) in [7, 11) is 4.31. The lowest BCUT2D eigenvalue weighted by molar-refractivity contribution is 0.388. The molecule has 0 heterocycles. The summed E-state index contributed by atoms with van der Waals surface area (Å²) in [6, 6.07) is 0. The number of nitrogens with zero attached hydrogens (tertiary/aromatic N) is 1. The first-order chi connectivity index (χ1) is 5.20. The van der Waals surface area contributed by atoms with Crippen molar-refractivity contribution in [3.05, 3.63) is 0 Å². The van der Waals surface area contributed by atoms with Gasteiger partial charge in [-0.1, -0.05) is 19.8 Å². The maximum atomic E-state index is 2.37. The molecular weight excluding hydrogens is 134 g/mol. The van der Waals surface area contributed by atoms with Crippen LogP contribution in [-0.4, -0.2) is 25.5 Å². The van der Waals surface area contributed by atoms with E-state index in [4.69, 9.17) is 0 Å². The monoisotopic (exact) mass is 155 g/mol. The molecule has 1 rings (SSSR count). The average Bonchev–Trinajstić information content (AvgIpc) is 2.59. The van der Waals surface area contributed by atoms with Gasteiger partial charge >= 0.3 is 0 Å². The first-order valence-electron chi connectivity index (χ1n) is 4.85. The van der Waals surface area contributed by atoms with Gasteiger partial charge in [-0.05, 0) is 45.3 Å². The number of hydrogen-bond donors (Lipinski definition) is 0. The molecule has 0 spiro atoms. The second-order valence-electron chi connectivity index (χ2n) is 4.27. The molecule has 1 saturated carbocycles. The number of unbranched alkanes of at least 4 members (excludes halogenated alkanes) is 1. The van der Waals surface area contributed by atoms with Gasteiger partial charge in [-0.15, -0.1) is 0 Å². The summed E-state index contributed by atoms with van der Waals surface area (Å²) in [5.41, 5.74) is 0. The van der Waals surface area contributed by atoms with E-state index in [-0.39, 0.29) is 0 Å². The first kappa shape index (κ1) is 9.05. The van der Waals surface area contributed by atoms with Crippen LogP contribution in [0.1, 0.15) is 32.6 Å². The van der Waals surface area contributed by atoms with Crippen LogP contribution >= 0.6 is 0 Å². The van der Waals surface area contributed by atoms with Gasteiger partial charge in [-0.2, -0.15) is 0 Å². The molecule has 0 aromatic heterocycles. The molecule has 0 N–H and O–H groups in total. The zero-order valence-corrected chi connectivity index (χ0v) is 8.14. The van der Waals surface area contributed by atoms with Gasteiger partial charge in [0.05, 0.1) is 0 Å². The van der Waals surface area contributed by atoms with Crippen LogP contribution in [-0.2, 0) is 0 Å². The van der Waals surface area contributed by atoms with Crippen molar-refractivity contribution in [1.29, 1.82) is 0 Å². The first-order valence-corrected chi connectivity index (χ1v) is 4.85. The number of hydrogen-bond acceptors (Lipinski definition) is 1. The Bertz CT molecular complexity index is 109. The van der Waals surface area contributed by atoms with Crippen LogP contribution in [0.2, 0.25) is 0 Å². The molecule has 0 aromatic carbocycles. The van der Waals surface area contributed by atoms with Crippen molar-refractivity contribution in [2.45, 2.75) is 32.6 Å². The fourth-order valence-corrected chi connectivity index (χ4v) is 1.64. The molecule has 0 aliphatic heterocycles. The van der Waals surface area contributed by atoms with Crippen molar-refractivity contribution in [2.24, 2.45) is 11.8 Å². The molecule has 0 amide bonds. The Labute approximate surface area is 70.8 Å². The molecule has 11 heavy (non-hydrogen) atoms. The summed E-state index contributed by atoms with van der Waals surface area (Å²) in [6.45, 7) is 3.64. The predicted molar refractivity (Wildman–Crippen MR) is 49.7 cm³/mol. The summed E-state index contributed by atoms with van der Waals surface area (Å²) >= 11 is 0. The lowest BCUT2D eigenvalue weighted by atomic mass is 10.1. The molecule has 66 valence electrons. The largest absolute Gasteiger partial charge is 0.309 e. The molecule has 1 heteroatoms. The number of rotatable bonds is 5. The van der Waals surface area contributed by atoms with Crippen molar-refractivity contribution in [3.8, 4) is 0 Å². The Hall–Kier alpha value is -0.0400. The highest BCUT2D eigenvalue weighted by Gasteiger charge is 2.31. The summed E-state index contributed by atoms with van der Waals surface area (Å²) in [5.74, 6) is 2.14. The van der Waals surface area contributed by atoms with Gasteiger partial charge in [0.1, 0.15) is 0 Å². The lowest BCUT2D eigenvalue weighted by Gasteiger charge is -2.08. The van der Waals surface area contributed by atoms with Crippen LogP contribution in [0.15, 0.2) is 0 Å². The minimum absolute atomic E-state index is 1.05. The molecule has 1 aliphatic carbocycles. The van der Waals surface area contributed by atoms with Crippen LogP contribution < -0.4 is 0 Å². The summed E-state index contributed by atoms with van der Waals surface area (Å²) < 4.78 is 0. The van der Waals surface area contributed by atoms with Crippen LogP contribution in [0.4, 0.5) is 0 Å². The Morgan fingerprint density at radius 3 is 2.36 bits per heavy atom. The Morgan fingerprint density at radius 1 is 1.27 bits per heavy atom. The quantitative estimate of drug-likeness (QED) is 0.551. The highest BCUT2D eigenvalue weighted by molar-refractivity contribution is 4.81. The van der Waals surface area contributed by atoms with Gasteiger partial charge in [0.2, 0.25) is 0 Å². The highest BCUT2D eigenvalue weighted by atomic mass is 15.0. The fourth-order valence-electron chi connectivity index (χ4n) is 1.64. The van der Waals surface area contributed by atoms with Gasteiger partial charge in [-0.25, -0.2) is 0 Å². The van der Waals surface area contributed by atoms with E-state index in [1.54, 1.807) is 0 Å². The van der Waals surface area contributed by atoms with Crippen LogP contribution in [0, 0.1) is 11.8 Å². The molecule has 2 atom stereocenters. The molecular formula is C10H21N. The molecule has 2 unspecified atom stereocenters. The summed E-state index contributed by atoms with van der Waals surface area (Å²) in [4.78, 5) is 2.27. The topological polar surface area (TPSA) is 3.24 Å². The predicted octanol–water partition coefficient (Wildman–Crippen LogP) is 2.37. The maximum Gasteiger partial charge on any atom is -0.00248 e. The summed E-state index contributed by atoms with van der Waals surface area (Å²) in [6.07, 6.45) is 5.81. The van der Waals surface area contributed by atoms with Crippen molar-refractivity contribution in [3.63, 3.8) is 0 Å². The van der Waals surface area contributed by atoms with E-state index in [2.05, 4.69) is 25.9 Å². The zero-order chi connectivity index (χ0) is 8.27. The van der Waals surface area contributed by atoms with E-state index in [1.165, 1.54) is 32.2 Å². The molecule has 0 radical (unpaired) electrons. The Balaban J connectivity index is 1.81. The van der Waals surface area contributed by atoms with Gasteiger partial charge in [-0.3, -0.25) is 0 Å². The minimum atomic E-state index is 1.05. The van der Waals surface area contributed by atoms with Crippen molar-refractivity contribution in [2.75, 3.05) is 20.6 Å². The van der Waals surface area contributed by atoms with Gasteiger partial charge in [0.25, 0.3) is 0 Å². The molecule has 1 aliphatic rings. The van der Waals surface area contributed by atoms with Gasteiger partial charge < -0.3 is 4.90 Å². The lowest BCUT2D eigenvalue weighted by Crippen LogP contribution is -2.12. The SMILES string of the molecule is CC1CC1CCCCN(C)C. The normalized spacial score (nSPS) is 29.5. The fraction of sp³-hybridized carbons (Fsp3) is 1.00. The zero-order valence-electron chi connectivity index (χ0n) is 8.14. The second kappa shape index (κ2) is 4.10. The standard InChI is InChI=1S/C10H21N/c1-9-8-10(9)6-4-5-7-11(2)3/h9-10H,4-8H2,1-3H3. The second-order valence-corrected chi connectivity index (χ2v) is 4.27. The van der Waals surface area contributed by atoms with Crippen molar-refractivity contribution < 1.29 is 0 Å². The Kier molecular flexibility index (Phi) is 3.38. The third-order valence-electron chi connectivity index (χ3n) is 2.71. The summed E-state index contributed by atoms with van der Waals surface area (Å²) in [5, 5.41) is 0. The van der Waals surface area contributed by atoms with Crippen LogP contribution in [0.5, 0.6) is 0 Å². The molecule has 0 bridgehead atoms. The van der Waals surface area contributed by atoms with Gasteiger partial charge in [0.15, 0.2) is 0 Å². The molecule has 1 fully saturated rings. The maximum absolute atomic E-state index is 2.37. The van der Waals surface area contributed by atoms with E-state index < -0.39 is 0 Å². The minimum Gasteiger partial charge on any atom is -0.309 e. The van der Waals surface area contributed by atoms with E-state index in [9.17, 15) is 0 Å². The van der Waals surface area contributed by atoms with Crippen LogP contribution in [0.3, 0.4) is 0 Å². The van der Waals surface area contributed by atoms with E-state index in [0.29, 0.717) is 0 Å². The third-order valence-corrected chi connectivity index (χ3v) is 2.71. The van der Waals surface area contributed by atoms with Crippen molar-refractivity contribution >= 4 is 0 Å². The average molecular weight is 155 g/mol. The Morgan fingerprint density at radius 2 is 1.91 bits per heavy atom. The molecule has 0 aromatic rings. The van der Waals surface area contributed by atoms with E-state index >= 15 is 0 Å². The molecule has 0 saturated heterocycles. The smallest absolute Gasteiger partial charge is 0.00248 e. The molecule has 1 nitrogen and oxygen atoms in total. The van der Waals surface area contributed by atoms with E-state index in [1.807, 2.05) is 0 Å². The highest BCUT2D eigenvalue weighted by Crippen LogP contribution is 2.41. The van der Waals surface area contributed by atoms with Gasteiger partial charge in [0, 0.05) is 0 Å². The third kappa shape index (κ3) is 3.76.